The zero-order valence-corrected chi connectivity index (χ0v) is 9.83. The van der Waals surface area contributed by atoms with Crippen molar-refractivity contribution in [2.45, 2.75) is 18.6 Å². The second-order valence-corrected chi connectivity index (χ2v) is 3.75. The van der Waals surface area contributed by atoms with E-state index in [1.54, 1.807) is 6.07 Å². The van der Waals surface area contributed by atoms with Crippen molar-refractivity contribution in [3.05, 3.63) is 29.3 Å². The van der Waals surface area contributed by atoms with Crippen molar-refractivity contribution in [1.29, 1.82) is 5.26 Å². The predicted molar refractivity (Wildman–Crippen MR) is 62.5 cm³/mol. The van der Waals surface area contributed by atoms with Gasteiger partial charge in [-0.25, -0.2) is 0 Å². The lowest BCUT2D eigenvalue weighted by Crippen LogP contribution is -2.26. The van der Waals surface area contributed by atoms with Crippen LogP contribution >= 0.6 is 0 Å². The van der Waals surface area contributed by atoms with E-state index in [1.807, 2.05) is 6.07 Å². The van der Waals surface area contributed by atoms with E-state index >= 15 is 0 Å². The maximum atomic E-state index is 10.7. The summed E-state index contributed by atoms with van der Waals surface area (Å²) in [7, 11) is 1.44. The number of amides is 1. The first-order valence-corrected chi connectivity index (χ1v) is 5.22. The third-order valence-corrected chi connectivity index (χ3v) is 2.47. The van der Waals surface area contributed by atoms with Crippen LogP contribution in [0.4, 0.5) is 0 Å². The molecule has 2 unspecified atom stereocenters. The van der Waals surface area contributed by atoms with E-state index in [1.165, 1.54) is 19.2 Å². The molecule has 4 N–H and O–H groups in total. The minimum absolute atomic E-state index is 0.200. The van der Waals surface area contributed by atoms with Gasteiger partial charge in [0.1, 0.15) is 11.9 Å². The largest absolute Gasteiger partial charge is 0.497 e. The van der Waals surface area contributed by atoms with Crippen molar-refractivity contribution in [3.63, 3.8) is 0 Å². The number of carbonyl (C=O) groups is 1. The van der Waals surface area contributed by atoms with Gasteiger partial charge in [-0.1, -0.05) is 0 Å². The molecule has 0 saturated carbocycles. The highest BCUT2D eigenvalue weighted by molar-refractivity contribution is 5.74. The molecule has 1 rings (SSSR count). The first-order valence-electron chi connectivity index (χ1n) is 5.22. The summed E-state index contributed by atoms with van der Waals surface area (Å²) in [6.07, 6.45) is -3.12. The van der Waals surface area contributed by atoms with E-state index in [-0.39, 0.29) is 17.5 Å². The lowest BCUT2D eigenvalue weighted by Gasteiger charge is -2.18. The fraction of sp³-hybridized carbons (Fsp3) is 0.333. The number of aliphatic hydroxyl groups excluding tert-OH is 2. The molecule has 0 radical (unpaired) electrons. The highest BCUT2D eigenvalue weighted by atomic mass is 16.5. The number of nitrogens with zero attached hydrogens (tertiary/aromatic N) is 1. The van der Waals surface area contributed by atoms with Gasteiger partial charge in [0.05, 0.1) is 31.3 Å². The van der Waals surface area contributed by atoms with Crippen molar-refractivity contribution in [3.8, 4) is 11.8 Å². The summed E-state index contributed by atoms with van der Waals surface area (Å²) in [5.41, 5.74) is 5.34. The average molecular weight is 250 g/mol. The number of nitriles is 1. The van der Waals surface area contributed by atoms with E-state index < -0.39 is 18.1 Å². The second kappa shape index (κ2) is 6.00. The minimum Gasteiger partial charge on any atom is -0.497 e. The van der Waals surface area contributed by atoms with Gasteiger partial charge in [-0.15, -0.1) is 0 Å². The lowest BCUT2D eigenvalue weighted by atomic mass is 9.97. The number of primary amides is 1. The summed E-state index contributed by atoms with van der Waals surface area (Å²) < 4.78 is 4.97. The third kappa shape index (κ3) is 3.20. The highest BCUT2D eigenvalue weighted by Gasteiger charge is 2.23. The molecule has 6 heteroatoms. The number of aliphatic hydroxyl groups is 2. The molecule has 1 aromatic carbocycles. The van der Waals surface area contributed by atoms with Crippen LogP contribution in [0.15, 0.2) is 18.2 Å². The molecule has 0 fully saturated rings. The number of hydrogen-bond acceptors (Lipinski definition) is 5. The van der Waals surface area contributed by atoms with Gasteiger partial charge < -0.3 is 20.7 Å². The first kappa shape index (κ1) is 14.0. The van der Waals surface area contributed by atoms with Crippen molar-refractivity contribution in [1.82, 2.24) is 0 Å². The van der Waals surface area contributed by atoms with Gasteiger partial charge in [0, 0.05) is 5.56 Å². The van der Waals surface area contributed by atoms with E-state index in [9.17, 15) is 15.0 Å². The Morgan fingerprint density at radius 1 is 1.56 bits per heavy atom. The average Bonchev–Trinajstić information content (AvgIpc) is 2.36. The highest BCUT2D eigenvalue weighted by Crippen LogP contribution is 2.26. The Bertz CT molecular complexity index is 481. The molecule has 0 saturated heterocycles. The molecular formula is C12H14N2O4. The van der Waals surface area contributed by atoms with Gasteiger partial charge in [0.25, 0.3) is 0 Å². The molecule has 96 valence electrons. The fourth-order valence-electron chi connectivity index (χ4n) is 1.54. The Balaban J connectivity index is 3.06. The molecule has 1 aromatic rings. The number of hydrogen-bond donors (Lipinski definition) is 3. The Morgan fingerprint density at radius 3 is 2.72 bits per heavy atom. The number of benzene rings is 1. The number of methoxy groups -OCH3 is 1. The second-order valence-electron chi connectivity index (χ2n) is 3.75. The summed E-state index contributed by atoms with van der Waals surface area (Å²) in [5, 5.41) is 28.4. The maximum Gasteiger partial charge on any atom is 0.220 e. The topological polar surface area (TPSA) is 117 Å². The molecule has 0 aromatic heterocycles. The molecule has 0 spiro atoms. The van der Waals surface area contributed by atoms with Gasteiger partial charge >= 0.3 is 0 Å². The van der Waals surface area contributed by atoms with Crippen LogP contribution in [0, 0.1) is 11.3 Å². The Hall–Kier alpha value is -2.10. The number of nitrogens with two attached hydrogens (primary N) is 1. The van der Waals surface area contributed by atoms with Gasteiger partial charge in [-0.2, -0.15) is 5.26 Å². The summed E-state index contributed by atoms with van der Waals surface area (Å²) in [5.74, 6) is -0.294. The molecule has 0 aliphatic carbocycles. The molecule has 0 bridgehead atoms. The molecule has 0 aliphatic rings. The lowest BCUT2D eigenvalue weighted by molar-refractivity contribution is -0.121. The van der Waals surface area contributed by atoms with Crippen LogP contribution in [0.5, 0.6) is 5.75 Å². The van der Waals surface area contributed by atoms with Crippen LogP contribution in [0.1, 0.15) is 23.7 Å². The summed E-state index contributed by atoms with van der Waals surface area (Å²) >= 11 is 0. The monoisotopic (exact) mass is 250 g/mol. The van der Waals surface area contributed by atoms with Crippen molar-refractivity contribution in [2.24, 2.45) is 5.73 Å². The number of carbonyl (C=O) groups excluding carboxylic acids is 1. The summed E-state index contributed by atoms with van der Waals surface area (Å²) in [4.78, 5) is 10.7. The maximum absolute atomic E-state index is 10.7. The zero-order valence-electron chi connectivity index (χ0n) is 9.83. The number of rotatable bonds is 5. The molecule has 0 heterocycles. The van der Waals surface area contributed by atoms with Gasteiger partial charge in [-0.05, 0) is 18.2 Å². The number of ether oxygens (including phenoxy) is 1. The zero-order chi connectivity index (χ0) is 13.7. The van der Waals surface area contributed by atoms with E-state index in [4.69, 9.17) is 15.7 Å². The summed E-state index contributed by atoms with van der Waals surface area (Å²) in [6.45, 7) is 0. The fourth-order valence-corrected chi connectivity index (χ4v) is 1.54. The van der Waals surface area contributed by atoms with Crippen LogP contribution in [0.25, 0.3) is 0 Å². The van der Waals surface area contributed by atoms with E-state index in [2.05, 4.69) is 0 Å². The Kier molecular flexibility index (Phi) is 4.66. The van der Waals surface area contributed by atoms with Crippen LogP contribution < -0.4 is 10.5 Å². The van der Waals surface area contributed by atoms with Gasteiger partial charge in [-0.3, -0.25) is 4.79 Å². The quantitative estimate of drug-likeness (QED) is 0.671. The molecule has 6 nitrogen and oxygen atoms in total. The van der Waals surface area contributed by atoms with Crippen LogP contribution in [-0.4, -0.2) is 29.3 Å². The molecule has 18 heavy (non-hydrogen) atoms. The van der Waals surface area contributed by atoms with E-state index in [0.29, 0.717) is 5.75 Å². The smallest absolute Gasteiger partial charge is 0.220 e. The molecule has 0 aliphatic heterocycles. The SMILES string of the molecule is COc1ccc(C#N)c(C(O)C(O)CC(N)=O)c1. The van der Waals surface area contributed by atoms with Crippen molar-refractivity contribution in [2.75, 3.05) is 7.11 Å². The standard InChI is InChI=1S/C12H14N2O4/c1-18-8-3-2-7(6-13)9(4-8)12(17)10(15)5-11(14)16/h2-4,10,12,15,17H,5H2,1H3,(H2,14,16). The normalized spacial score (nSPS) is 13.4. The molecule has 2 atom stereocenters. The first-order chi connectivity index (χ1) is 8.49. The molecular weight excluding hydrogens is 236 g/mol. The van der Waals surface area contributed by atoms with E-state index in [0.717, 1.165) is 0 Å². The van der Waals surface area contributed by atoms with Crippen molar-refractivity contribution < 1.29 is 19.7 Å². The summed E-state index contributed by atoms with van der Waals surface area (Å²) in [6, 6.07) is 6.36. The Morgan fingerprint density at radius 2 is 2.22 bits per heavy atom. The van der Waals surface area contributed by atoms with Gasteiger partial charge in [0.15, 0.2) is 0 Å². The predicted octanol–water partition coefficient (Wildman–Crippen LogP) is -0.163. The molecule has 1 amide bonds. The third-order valence-electron chi connectivity index (χ3n) is 2.47. The van der Waals surface area contributed by atoms with Crippen LogP contribution in [0.3, 0.4) is 0 Å². The van der Waals surface area contributed by atoms with Gasteiger partial charge in [0.2, 0.25) is 5.91 Å². The van der Waals surface area contributed by atoms with Crippen LogP contribution in [0.2, 0.25) is 0 Å². The van der Waals surface area contributed by atoms with Crippen LogP contribution in [-0.2, 0) is 4.79 Å². The van der Waals surface area contributed by atoms with Crippen molar-refractivity contribution >= 4 is 5.91 Å². The minimum atomic E-state index is -1.37. The Labute approximate surface area is 104 Å².